The Labute approximate surface area is 117 Å². The van der Waals surface area contributed by atoms with E-state index in [1.807, 2.05) is 0 Å². The molecule has 0 radical (unpaired) electrons. The minimum absolute atomic E-state index is 0.328. The number of ether oxygens (including phenoxy) is 1. The predicted octanol–water partition coefficient (Wildman–Crippen LogP) is 1.49. The highest BCUT2D eigenvalue weighted by Crippen LogP contribution is 2.47. The van der Waals surface area contributed by atoms with Gasteiger partial charge in [-0.25, -0.2) is 4.57 Å². The molecule has 110 valence electrons. The van der Waals surface area contributed by atoms with Crippen LogP contribution >= 0.6 is 7.60 Å². The van der Waals surface area contributed by atoms with Crippen molar-refractivity contribution in [3.63, 3.8) is 0 Å². The number of rotatable bonds is 8. The molecule has 1 amide bonds. The van der Waals surface area contributed by atoms with Gasteiger partial charge >= 0.3 is 13.6 Å². The van der Waals surface area contributed by atoms with E-state index < -0.39 is 13.6 Å². The highest BCUT2D eigenvalue weighted by Gasteiger charge is 2.29. The summed E-state index contributed by atoms with van der Waals surface area (Å²) in [5.41, 5.74) is 0. The van der Waals surface area contributed by atoms with Crippen LogP contribution in [-0.4, -0.2) is 44.3 Å². The zero-order chi connectivity index (χ0) is 15.0. The van der Waals surface area contributed by atoms with Gasteiger partial charge in [0.25, 0.3) is 0 Å². The van der Waals surface area contributed by atoms with Crippen LogP contribution in [0.25, 0.3) is 0 Å². The maximum atomic E-state index is 12.4. The highest BCUT2D eigenvalue weighted by molar-refractivity contribution is 7.54. The molecule has 1 atom stereocenters. The zero-order valence-electron chi connectivity index (χ0n) is 11.2. The third kappa shape index (κ3) is 5.03. The average Bonchev–Trinajstić information content (AvgIpc) is 2.47. The van der Waals surface area contributed by atoms with Crippen molar-refractivity contribution < 1.29 is 27.9 Å². The smallest absolute Gasteiger partial charge is 0.398 e. The molecule has 7 nitrogen and oxygen atoms in total. The van der Waals surface area contributed by atoms with Crippen molar-refractivity contribution in [3.8, 4) is 5.75 Å². The van der Waals surface area contributed by atoms with E-state index in [2.05, 4.69) is 4.74 Å². The van der Waals surface area contributed by atoms with E-state index >= 15 is 0 Å². The number of benzene rings is 1. The molecule has 1 aromatic carbocycles. The lowest BCUT2D eigenvalue weighted by atomic mass is 10.3. The second-order valence-electron chi connectivity index (χ2n) is 3.77. The fourth-order valence-corrected chi connectivity index (χ4v) is 2.64. The third-order valence-electron chi connectivity index (χ3n) is 2.33. The summed E-state index contributed by atoms with van der Waals surface area (Å²) in [5.74, 6) is -0.277. The van der Waals surface area contributed by atoms with E-state index in [9.17, 15) is 14.2 Å². The van der Waals surface area contributed by atoms with Crippen LogP contribution in [0.5, 0.6) is 5.75 Å². The van der Waals surface area contributed by atoms with Crippen molar-refractivity contribution in [2.75, 3.05) is 27.1 Å². The van der Waals surface area contributed by atoms with E-state index in [1.165, 1.54) is 14.2 Å². The van der Waals surface area contributed by atoms with Crippen molar-refractivity contribution >= 4 is 20.0 Å². The number of carbonyl (C=O) groups excluding carboxylic acids is 2. The maximum Gasteiger partial charge on any atom is 0.398 e. The molecule has 0 spiro atoms. The largest absolute Gasteiger partial charge is 0.468 e. The molecule has 0 saturated carbocycles. The lowest BCUT2D eigenvalue weighted by Gasteiger charge is -2.22. The molecule has 0 aliphatic rings. The minimum Gasteiger partial charge on any atom is -0.468 e. The first kappa shape index (κ1) is 16.2. The van der Waals surface area contributed by atoms with E-state index in [1.54, 1.807) is 30.3 Å². The summed E-state index contributed by atoms with van der Waals surface area (Å²) in [4.78, 5) is 23.0. The molecule has 20 heavy (non-hydrogen) atoms. The van der Waals surface area contributed by atoms with Gasteiger partial charge in [-0.2, -0.15) is 0 Å². The molecule has 0 aromatic heterocycles. The number of carbonyl (C=O) groups is 2. The van der Waals surface area contributed by atoms with Gasteiger partial charge in [0.1, 0.15) is 18.6 Å². The van der Waals surface area contributed by atoms with Crippen LogP contribution < -0.4 is 4.52 Å². The Morgan fingerprint density at radius 1 is 1.30 bits per heavy atom. The number of nitrogens with zero attached hydrogens (tertiary/aromatic N) is 1. The van der Waals surface area contributed by atoms with Gasteiger partial charge in [-0.15, -0.1) is 0 Å². The van der Waals surface area contributed by atoms with Gasteiger partial charge in [0.2, 0.25) is 6.41 Å². The van der Waals surface area contributed by atoms with Crippen LogP contribution in [-0.2, 0) is 23.4 Å². The summed E-state index contributed by atoms with van der Waals surface area (Å²) >= 11 is 0. The van der Waals surface area contributed by atoms with Gasteiger partial charge in [0.05, 0.1) is 7.11 Å². The number of esters is 1. The summed E-state index contributed by atoms with van der Waals surface area (Å²) in [6.07, 6.45) is 0.0357. The SMILES string of the molecule is COC(=O)CN(C=O)CP(=O)(OC)Oc1ccccc1. The molecule has 0 heterocycles. The number of methoxy groups -OCH3 is 1. The molecule has 0 aliphatic heterocycles. The number of hydrogen-bond donors (Lipinski definition) is 0. The quantitative estimate of drug-likeness (QED) is 0.411. The van der Waals surface area contributed by atoms with Crippen molar-refractivity contribution in [1.82, 2.24) is 4.90 Å². The Morgan fingerprint density at radius 3 is 2.45 bits per heavy atom. The Hall–Kier alpha value is -1.85. The normalized spacial score (nSPS) is 13.1. The molecule has 0 aliphatic carbocycles. The summed E-state index contributed by atoms with van der Waals surface area (Å²) in [5, 5.41) is 0. The average molecular weight is 301 g/mol. The van der Waals surface area contributed by atoms with Crippen LogP contribution in [0, 0.1) is 0 Å². The molecule has 1 rings (SSSR count). The first-order chi connectivity index (χ1) is 9.53. The topological polar surface area (TPSA) is 82.1 Å². The number of amides is 1. The Balaban J connectivity index is 2.75. The summed E-state index contributed by atoms with van der Waals surface area (Å²) < 4.78 is 27.0. The van der Waals surface area contributed by atoms with Gasteiger partial charge < -0.3 is 18.7 Å². The van der Waals surface area contributed by atoms with E-state index in [-0.39, 0.29) is 12.8 Å². The van der Waals surface area contributed by atoms with E-state index in [0.717, 1.165) is 4.90 Å². The first-order valence-electron chi connectivity index (χ1n) is 5.68. The zero-order valence-corrected chi connectivity index (χ0v) is 12.1. The van der Waals surface area contributed by atoms with Crippen LogP contribution in [0.3, 0.4) is 0 Å². The van der Waals surface area contributed by atoms with Gasteiger partial charge in [-0.1, -0.05) is 18.2 Å². The third-order valence-corrected chi connectivity index (χ3v) is 4.08. The first-order valence-corrected chi connectivity index (χ1v) is 7.41. The molecule has 1 unspecified atom stereocenters. The predicted molar refractivity (Wildman–Crippen MR) is 71.3 cm³/mol. The minimum atomic E-state index is -3.57. The maximum absolute atomic E-state index is 12.4. The van der Waals surface area contributed by atoms with Crippen LogP contribution in [0.1, 0.15) is 0 Å². The molecule has 1 aromatic rings. The summed E-state index contributed by atoms with van der Waals surface area (Å²) in [6.45, 7) is -0.328. The van der Waals surface area contributed by atoms with Crippen molar-refractivity contribution in [3.05, 3.63) is 30.3 Å². The Kier molecular flexibility index (Phi) is 6.21. The Morgan fingerprint density at radius 2 is 1.95 bits per heavy atom. The van der Waals surface area contributed by atoms with Gasteiger partial charge in [-0.05, 0) is 12.1 Å². The van der Waals surface area contributed by atoms with Gasteiger partial charge in [0.15, 0.2) is 0 Å². The van der Waals surface area contributed by atoms with Crippen molar-refractivity contribution in [1.29, 1.82) is 0 Å². The van der Waals surface area contributed by atoms with Crippen LogP contribution in [0.15, 0.2) is 30.3 Å². The molecule has 8 heteroatoms. The molecular formula is C12H16NO6P. The summed E-state index contributed by atoms with van der Waals surface area (Å²) in [7, 11) is -1.17. The standard InChI is InChI=1S/C12H16NO6P/c1-17-12(15)8-13(9-14)10-20(16,18-2)19-11-6-4-3-5-7-11/h3-7,9H,8,10H2,1-2H3. The van der Waals surface area contributed by atoms with Crippen molar-refractivity contribution in [2.24, 2.45) is 0 Å². The molecule has 0 N–H and O–H groups in total. The summed E-state index contributed by atoms with van der Waals surface area (Å²) in [6, 6.07) is 8.41. The highest BCUT2D eigenvalue weighted by atomic mass is 31.2. The van der Waals surface area contributed by atoms with Crippen LogP contribution in [0.4, 0.5) is 0 Å². The molecule has 0 fully saturated rings. The van der Waals surface area contributed by atoms with E-state index in [0.29, 0.717) is 12.2 Å². The second kappa shape index (κ2) is 7.67. The number of para-hydroxylation sites is 1. The fourth-order valence-electron chi connectivity index (χ4n) is 1.34. The van der Waals surface area contributed by atoms with Gasteiger partial charge in [0, 0.05) is 7.11 Å². The molecule has 0 bridgehead atoms. The Bertz CT molecular complexity index is 492. The second-order valence-corrected chi connectivity index (χ2v) is 5.82. The van der Waals surface area contributed by atoms with Crippen LogP contribution in [0.2, 0.25) is 0 Å². The monoisotopic (exact) mass is 301 g/mol. The molecule has 0 saturated heterocycles. The van der Waals surface area contributed by atoms with Gasteiger partial charge in [-0.3, -0.25) is 9.59 Å². The van der Waals surface area contributed by atoms with E-state index in [4.69, 9.17) is 9.05 Å². The fraction of sp³-hybridized carbons (Fsp3) is 0.333. The van der Waals surface area contributed by atoms with Crippen molar-refractivity contribution in [2.45, 2.75) is 0 Å². The lowest BCUT2D eigenvalue weighted by Crippen LogP contribution is -2.31. The molecular weight excluding hydrogens is 285 g/mol. The number of hydrogen-bond acceptors (Lipinski definition) is 6. The lowest BCUT2D eigenvalue weighted by molar-refractivity contribution is -0.143.